The van der Waals surface area contributed by atoms with Gasteiger partial charge in [0, 0.05) is 0 Å². The standard InChI is InChI=1S/C12H16O2/c1-2-5-10-6-3-4-7-11(10)12(13)8-14-9-12/h3-4,6-7,13H,2,5,8-9H2,1H3. The molecular weight excluding hydrogens is 176 g/mol. The fourth-order valence-electron chi connectivity index (χ4n) is 1.91. The molecule has 76 valence electrons. The highest BCUT2D eigenvalue weighted by atomic mass is 16.5. The lowest BCUT2D eigenvalue weighted by Crippen LogP contribution is -2.47. The third-order valence-electron chi connectivity index (χ3n) is 2.72. The van der Waals surface area contributed by atoms with Crippen molar-refractivity contribution in [3.05, 3.63) is 35.4 Å². The van der Waals surface area contributed by atoms with Crippen molar-refractivity contribution in [3.8, 4) is 0 Å². The van der Waals surface area contributed by atoms with E-state index in [1.807, 2.05) is 18.2 Å². The molecule has 1 saturated heterocycles. The van der Waals surface area contributed by atoms with Crippen LogP contribution in [0, 0.1) is 0 Å². The Bertz CT molecular complexity index is 316. The summed E-state index contributed by atoms with van der Waals surface area (Å²) in [6, 6.07) is 8.10. The molecule has 0 aromatic heterocycles. The summed E-state index contributed by atoms with van der Waals surface area (Å²) in [6.45, 7) is 3.03. The molecule has 1 aromatic rings. The SMILES string of the molecule is CCCc1ccccc1C1(O)COC1. The summed E-state index contributed by atoms with van der Waals surface area (Å²) in [6.07, 6.45) is 2.13. The van der Waals surface area contributed by atoms with Gasteiger partial charge in [-0.25, -0.2) is 0 Å². The first-order chi connectivity index (χ1) is 6.76. The van der Waals surface area contributed by atoms with Gasteiger partial charge in [0.15, 0.2) is 0 Å². The predicted octanol–water partition coefficient (Wildman–Crippen LogP) is 1.86. The molecule has 0 unspecified atom stereocenters. The minimum Gasteiger partial charge on any atom is -0.380 e. The van der Waals surface area contributed by atoms with Crippen molar-refractivity contribution in [2.75, 3.05) is 13.2 Å². The first-order valence-electron chi connectivity index (χ1n) is 5.15. The highest BCUT2D eigenvalue weighted by molar-refractivity contribution is 5.34. The fraction of sp³-hybridized carbons (Fsp3) is 0.500. The van der Waals surface area contributed by atoms with Crippen LogP contribution in [0.3, 0.4) is 0 Å². The van der Waals surface area contributed by atoms with E-state index < -0.39 is 5.60 Å². The van der Waals surface area contributed by atoms with Gasteiger partial charge in [0.2, 0.25) is 0 Å². The van der Waals surface area contributed by atoms with Crippen molar-refractivity contribution in [2.24, 2.45) is 0 Å². The van der Waals surface area contributed by atoms with Gasteiger partial charge >= 0.3 is 0 Å². The van der Waals surface area contributed by atoms with Gasteiger partial charge in [-0.3, -0.25) is 0 Å². The molecule has 0 spiro atoms. The maximum atomic E-state index is 10.2. The van der Waals surface area contributed by atoms with Crippen molar-refractivity contribution in [2.45, 2.75) is 25.4 Å². The van der Waals surface area contributed by atoms with Crippen LogP contribution in [0.1, 0.15) is 24.5 Å². The molecule has 1 aromatic carbocycles. The molecule has 0 atom stereocenters. The van der Waals surface area contributed by atoms with E-state index in [-0.39, 0.29) is 0 Å². The normalized spacial score (nSPS) is 19.0. The van der Waals surface area contributed by atoms with Crippen molar-refractivity contribution in [3.63, 3.8) is 0 Å². The Hall–Kier alpha value is -0.860. The van der Waals surface area contributed by atoms with Crippen LogP contribution >= 0.6 is 0 Å². The molecule has 1 N–H and O–H groups in total. The topological polar surface area (TPSA) is 29.5 Å². The molecule has 14 heavy (non-hydrogen) atoms. The molecule has 1 fully saturated rings. The van der Waals surface area contributed by atoms with Crippen LogP contribution in [0.2, 0.25) is 0 Å². The first-order valence-corrected chi connectivity index (χ1v) is 5.15. The molecule has 2 rings (SSSR count). The van der Waals surface area contributed by atoms with E-state index in [2.05, 4.69) is 13.0 Å². The van der Waals surface area contributed by atoms with Gasteiger partial charge in [-0.15, -0.1) is 0 Å². The van der Waals surface area contributed by atoms with Gasteiger partial charge < -0.3 is 9.84 Å². The van der Waals surface area contributed by atoms with Crippen LogP contribution in [0.5, 0.6) is 0 Å². The monoisotopic (exact) mass is 192 g/mol. The largest absolute Gasteiger partial charge is 0.380 e. The lowest BCUT2D eigenvalue weighted by Gasteiger charge is -2.38. The Labute approximate surface area is 84.5 Å². The summed E-state index contributed by atoms with van der Waals surface area (Å²) in [5.41, 5.74) is 1.58. The molecule has 0 aliphatic carbocycles. The summed E-state index contributed by atoms with van der Waals surface area (Å²) in [5, 5.41) is 10.2. The van der Waals surface area contributed by atoms with E-state index >= 15 is 0 Å². The van der Waals surface area contributed by atoms with Crippen LogP contribution < -0.4 is 0 Å². The van der Waals surface area contributed by atoms with Crippen LogP contribution in [0.15, 0.2) is 24.3 Å². The van der Waals surface area contributed by atoms with Crippen molar-refractivity contribution < 1.29 is 9.84 Å². The average molecular weight is 192 g/mol. The molecule has 2 nitrogen and oxygen atoms in total. The average Bonchev–Trinajstić information content (AvgIpc) is 2.16. The zero-order valence-electron chi connectivity index (χ0n) is 8.49. The van der Waals surface area contributed by atoms with Gasteiger partial charge in [0.1, 0.15) is 5.60 Å². The Balaban J connectivity index is 2.31. The zero-order valence-corrected chi connectivity index (χ0v) is 8.49. The molecular formula is C12H16O2. The minimum absolute atomic E-state index is 0.438. The van der Waals surface area contributed by atoms with E-state index in [0.29, 0.717) is 13.2 Å². The zero-order chi connectivity index (χ0) is 10.0. The van der Waals surface area contributed by atoms with Crippen LogP contribution in [0.25, 0.3) is 0 Å². The van der Waals surface area contributed by atoms with E-state index in [1.54, 1.807) is 0 Å². The number of ether oxygens (including phenoxy) is 1. The van der Waals surface area contributed by atoms with Crippen molar-refractivity contribution >= 4 is 0 Å². The Morgan fingerprint density at radius 1 is 1.36 bits per heavy atom. The lowest BCUT2D eigenvalue weighted by atomic mass is 9.87. The van der Waals surface area contributed by atoms with Gasteiger partial charge in [0.05, 0.1) is 13.2 Å². The van der Waals surface area contributed by atoms with E-state index in [9.17, 15) is 5.11 Å². The van der Waals surface area contributed by atoms with Gasteiger partial charge in [-0.2, -0.15) is 0 Å². The molecule has 2 heteroatoms. The number of aryl methyl sites for hydroxylation is 1. The number of aliphatic hydroxyl groups is 1. The fourth-order valence-corrected chi connectivity index (χ4v) is 1.91. The number of benzene rings is 1. The smallest absolute Gasteiger partial charge is 0.136 e. The summed E-state index contributed by atoms with van der Waals surface area (Å²) in [5.74, 6) is 0. The third-order valence-corrected chi connectivity index (χ3v) is 2.72. The number of hydrogen-bond donors (Lipinski definition) is 1. The maximum Gasteiger partial charge on any atom is 0.136 e. The Morgan fingerprint density at radius 2 is 2.07 bits per heavy atom. The third kappa shape index (κ3) is 1.56. The van der Waals surface area contributed by atoms with Crippen molar-refractivity contribution in [1.29, 1.82) is 0 Å². The van der Waals surface area contributed by atoms with E-state index in [0.717, 1.165) is 18.4 Å². The molecule has 1 aliphatic heterocycles. The van der Waals surface area contributed by atoms with Gasteiger partial charge in [-0.05, 0) is 17.5 Å². The minimum atomic E-state index is -0.717. The second kappa shape index (κ2) is 3.71. The van der Waals surface area contributed by atoms with Gasteiger partial charge in [-0.1, -0.05) is 37.6 Å². The van der Waals surface area contributed by atoms with E-state index in [4.69, 9.17) is 4.74 Å². The molecule has 0 radical (unpaired) electrons. The molecule has 0 bridgehead atoms. The highest BCUT2D eigenvalue weighted by Crippen LogP contribution is 2.32. The molecule has 1 heterocycles. The Kier molecular flexibility index (Phi) is 2.57. The van der Waals surface area contributed by atoms with Crippen molar-refractivity contribution in [1.82, 2.24) is 0 Å². The summed E-state index contributed by atoms with van der Waals surface area (Å²) in [4.78, 5) is 0. The molecule has 0 saturated carbocycles. The summed E-state index contributed by atoms with van der Waals surface area (Å²) in [7, 11) is 0. The summed E-state index contributed by atoms with van der Waals surface area (Å²) >= 11 is 0. The molecule has 0 amide bonds. The number of rotatable bonds is 3. The quantitative estimate of drug-likeness (QED) is 0.792. The van der Waals surface area contributed by atoms with Crippen LogP contribution in [0.4, 0.5) is 0 Å². The van der Waals surface area contributed by atoms with Crippen LogP contribution in [-0.4, -0.2) is 18.3 Å². The second-order valence-corrected chi connectivity index (χ2v) is 3.93. The van der Waals surface area contributed by atoms with E-state index in [1.165, 1.54) is 5.56 Å². The second-order valence-electron chi connectivity index (χ2n) is 3.93. The van der Waals surface area contributed by atoms with Crippen LogP contribution in [-0.2, 0) is 16.8 Å². The summed E-state index contributed by atoms with van der Waals surface area (Å²) < 4.78 is 5.08. The highest BCUT2D eigenvalue weighted by Gasteiger charge is 2.39. The Morgan fingerprint density at radius 3 is 2.64 bits per heavy atom. The number of hydrogen-bond acceptors (Lipinski definition) is 2. The maximum absolute atomic E-state index is 10.2. The van der Waals surface area contributed by atoms with Gasteiger partial charge in [0.25, 0.3) is 0 Å². The predicted molar refractivity (Wildman–Crippen MR) is 55.2 cm³/mol. The first kappa shape index (κ1) is 9.69. The molecule has 1 aliphatic rings. The lowest BCUT2D eigenvalue weighted by molar-refractivity contribution is -0.185.